The first-order valence-electron chi connectivity index (χ1n) is 3.35. The van der Waals surface area contributed by atoms with Gasteiger partial charge in [-0.25, -0.2) is 0 Å². The maximum atomic E-state index is 3.16. The lowest BCUT2D eigenvalue weighted by atomic mass is 10.1. The van der Waals surface area contributed by atoms with Crippen molar-refractivity contribution in [1.82, 2.24) is 5.32 Å². The lowest BCUT2D eigenvalue weighted by Crippen LogP contribution is -2.26. The van der Waals surface area contributed by atoms with Crippen LogP contribution in [0, 0.1) is 5.92 Å². The smallest absolute Gasteiger partial charge is 0.00587 e. The minimum absolute atomic E-state index is 0.653. The van der Waals surface area contributed by atoms with Crippen LogP contribution in [0.2, 0.25) is 0 Å². The molecule has 0 saturated carbocycles. The Bertz CT molecular complexity index is 50.5. The van der Waals surface area contributed by atoms with Gasteiger partial charge in [0, 0.05) is 6.04 Å². The minimum Gasteiger partial charge on any atom is -0.317 e. The molecular formula is C8H19N. The molecule has 0 saturated heterocycles. The summed E-state index contributed by atoms with van der Waals surface area (Å²) in [6, 6.07) is 0.653. The number of hydrogen-bond acceptors (Lipinski definition) is 1. The molecule has 0 rings (SSSR count). The Labute approximate surface area is 59.2 Å². The van der Waals surface area contributed by atoms with E-state index in [9.17, 15) is 0 Å². The van der Waals surface area contributed by atoms with E-state index in [1.54, 1.807) is 0 Å². The topological polar surface area (TPSA) is 12.0 Å². The fourth-order valence-corrected chi connectivity index (χ4v) is 0.333. The highest BCUT2D eigenvalue weighted by molar-refractivity contribution is 4.59. The molecule has 0 spiro atoms. The highest BCUT2D eigenvalue weighted by Crippen LogP contribution is 1.96. The Morgan fingerprint density at radius 3 is 1.44 bits per heavy atom. The molecule has 0 fully saturated rings. The predicted molar refractivity (Wildman–Crippen MR) is 44.6 cm³/mol. The summed E-state index contributed by atoms with van der Waals surface area (Å²) in [6.07, 6.45) is 0. The zero-order chi connectivity index (χ0) is 7.86. The zero-order valence-electron chi connectivity index (χ0n) is 7.07. The van der Waals surface area contributed by atoms with Crippen molar-refractivity contribution in [2.45, 2.75) is 26.8 Å². The van der Waals surface area contributed by atoms with Gasteiger partial charge in [0.2, 0.25) is 0 Å². The summed E-state index contributed by atoms with van der Waals surface area (Å²) in [6.45, 7) is 12.6. The third-order valence-electron chi connectivity index (χ3n) is 1.46. The Morgan fingerprint density at radius 1 is 1.11 bits per heavy atom. The molecule has 0 aromatic rings. The summed E-state index contributed by atoms with van der Waals surface area (Å²) in [5.41, 5.74) is 0. The van der Waals surface area contributed by atoms with Crippen LogP contribution in [0.15, 0.2) is 13.2 Å². The van der Waals surface area contributed by atoms with Crippen LogP contribution >= 0.6 is 0 Å². The van der Waals surface area contributed by atoms with E-state index in [2.05, 4.69) is 39.2 Å². The second kappa shape index (κ2) is 7.70. The molecule has 0 radical (unpaired) electrons. The maximum absolute atomic E-state index is 3.16. The highest BCUT2D eigenvalue weighted by Gasteiger charge is 2.00. The van der Waals surface area contributed by atoms with Crippen LogP contribution < -0.4 is 5.32 Å². The van der Waals surface area contributed by atoms with Crippen molar-refractivity contribution >= 4 is 0 Å². The van der Waals surface area contributed by atoms with Gasteiger partial charge in [-0.15, -0.1) is 13.2 Å². The average Bonchev–Trinajstić information content (AvgIpc) is 1.91. The monoisotopic (exact) mass is 129 g/mol. The number of nitrogens with one attached hydrogen (secondary N) is 1. The van der Waals surface area contributed by atoms with Gasteiger partial charge in [0.1, 0.15) is 0 Å². The lowest BCUT2D eigenvalue weighted by molar-refractivity contribution is 0.459. The molecule has 1 unspecified atom stereocenters. The van der Waals surface area contributed by atoms with E-state index in [-0.39, 0.29) is 0 Å². The van der Waals surface area contributed by atoms with E-state index >= 15 is 0 Å². The quantitative estimate of drug-likeness (QED) is 0.563. The first-order chi connectivity index (χ1) is 4.18. The molecule has 56 valence electrons. The molecule has 0 aliphatic rings. The number of rotatable bonds is 2. The van der Waals surface area contributed by atoms with E-state index < -0.39 is 0 Å². The minimum atomic E-state index is 0.653. The van der Waals surface area contributed by atoms with E-state index in [1.807, 2.05) is 7.05 Å². The molecule has 0 bridgehead atoms. The second-order valence-corrected chi connectivity index (χ2v) is 2.32. The molecule has 0 aliphatic carbocycles. The molecule has 1 nitrogen and oxygen atoms in total. The van der Waals surface area contributed by atoms with Crippen molar-refractivity contribution in [3.8, 4) is 0 Å². The molecule has 1 N–H and O–H groups in total. The normalized spacial score (nSPS) is 12.1. The van der Waals surface area contributed by atoms with E-state index in [0.717, 1.165) is 5.92 Å². The first kappa shape index (κ1) is 11.5. The van der Waals surface area contributed by atoms with Crippen LogP contribution in [-0.2, 0) is 0 Å². The van der Waals surface area contributed by atoms with Crippen molar-refractivity contribution in [3.05, 3.63) is 13.2 Å². The highest BCUT2D eigenvalue weighted by atomic mass is 14.9. The molecule has 0 amide bonds. The first-order valence-corrected chi connectivity index (χ1v) is 3.35. The molecule has 1 heteroatoms. The number of hydrogen-bond donors (Lipinski definition) is 1. The molecule has 0 heterocycles. The lowest BCUT2D eigenvalue weighted by Gasteiger charge is -2.12. The van der Waals surface area contributed by atoms with Gasteiger partial charge in [-0.3, -0.25) is 0 Å². The van der Waals surface area contributed by atoms with E-state index in [4.69, 9.17) is 0 Å². The maximum Gasteiger partial charge on any atom is 0.00587 e. The van der Waals surface area contributed by atoms with Crippen molar-refractivity contribution in [3.63, 3.8) is 0 Å². The van der Waals surface area contributed by atoms with E-state index in [1.165, 1.54) is 0 Å². The van der Waals surface area contributed by atoms with Crippen molar-refractivity contribution in [2.75, 3.05) is 7.05 Å². The van der Waals surface area contributed by atoms with Gasteiger partial charge in [0.15, 0.2) is 0 Å². The second-order valence-electron chi connectivity index (χ2n) is 2.32. The predicted octanol–water partition coefficient (Wildman–Crippen LogP) is 2.05. The van der Waals surface area contributed by atoms with Gasteiger partial charge >= 0.3 is 0 Å². The SMILES string of the molecule is C=C.CNC(C)C(C)C. The summed E-state index contributed by atoms with van der Waals surface area (Å²) >= 11 is 0. The van der Waals surface area contributed by atoms with Gasteiger partial charge < -0.3 is 5.32 Å². The zero-order valence-corrected chi connectivity index (χ0v) is 7.07. The molecule has 0 aromatic heterocycles. The Hall–Kier alpha value is -0.300. The van der Waals surface area contributed by atoms with Crippen LogP contribution in [0.3, 0.4) is 0 Å². The molecule has 0 aromatic carbocycles. The van der Waals surface area contributed by atoms with Gasteiger partial charge in [-0.2, -0.15) is 0 Å². The van der Waals surface area contributed by atoms with Gasteiger partial charge in [-0.1, -0.05) is 13.8 Å². The van der Waals surface area contributed by atoms with Crippen molar-refractivity contribution in [2.24, 2.45) is 5.92 Å². The van der Waals surface area contributed by atoms with Crippen LogP contribution in [0.25, 0.3) is 0 Å². The third-order valence-corrected chi connectivity index (χ3v) is 1.46. The largest absolute Gasteiger partial charge is 0.317 e. The van der Waals surface area contributed by atoms with E-state index in [0.29, 0.717) is 6.04 Å². The molecule has 9 heavy (non-hydrogen) atoms. The average molecular weight is 129 g/mol. The Kier molecular flexibility index (Phi) is 9.83. The summed E-state index contributed by atoms with van der Waals surface area (Å²) in [5.74, 6) is 0.755. The van der Waals surface area contributed by atoms with Gasteiger partial charge in [0.25, 0.3) is 0 Å². The van der Waals surface area contributed by atoms with Crippen LogP contribution in [-0.4, -0.2) is 13.1 Å². The summed E-state index contributed by atoms with van der Waals surface area (Å²) in [7, 11) is 1.99. The van der Waals surface area contributed by atoms with Crippen molar-refractivity contribution < 1.29 is 0 Å². The van der Waals surface area contributed by atoms with Crippen LogP contribution in [0.1, 0.15) is 20.8 Å². The Morgan fingerprint density at radius 2 is 1.44 bits per heavy atom. The fraction of sp³-hybridized carbons (Fsp3) is 0.750. The summed E-state index contributed by atoms with van der Waals surface area (Å²) < 4.78 is 0. The van der Waals surface area contributed by atoms with Gasteiger partial charge in [0.05, 0.1) is 0 Å². The standard InChI is InChI=1S/C6H15N.C2H4/c1-5(2)6(3)7-4;1-2/h5-7H,1-4H3;1-2H2. The molecular weight excluding hydrogens is 110 g/mol. The van der Waals surface area contributed by atoms with Gasteiger partial charge in [-0.05, 0) is 19.9 Å². The molecule has 1 atom stereocenters. The fourth-order valence-electron chi connectivity index (χ4n) is 0.333. The van der Waals surface area contributed by atoms with Crippen LogP contribution in [0.5, 0.6) is 0 Å². The van der Waals surface area contributed by atoms with Crippen LogP contribution in [0.4, 0.5) is 0 Å². The third kappa shape index (κ3) is 7.70. The summed E-state index contributed by atoms with van der Waals surface area (Å²) in [5, 5.41) is 3.16. The summed E-state index contributed by atoms with van der Waals surface area (Å²) in [4.78, 5) is 0. The van der Waals surface area contributed by atoms with Crippen molar-refractivity contribution in [1.29, 1.82) is 0 Å². The Balaban J connectivity index is 0. The molecule has 0 aliphatic heterocycles.